The number of hydrogen-bond donors (Lipinski definition) is 1. The molecule has 0 aromatic carbocycles. The van der Waals surface area contributed by atoms with Crippen LogP contribution in [0.3, 0.4) is 0 Å². The minimum absolute atomic E-state index is 0.0814. The lowest BCUT2D eigenvalue weighted by molar-refractivity contribution is -0.141. The molecule has 0 radical (unpaired) electrons. The number of carbonyl (C=O) groups is 2. The highest BCUT2D eigenvalue weighted by molar-refractivity contribution is 8.00. The van der Waals surface area contributed by atoms with Crippen molar-refractivity contribution in [2.45, 2.75) is 50.8 Å². The molecule has 1 atom stereocenters. The molecule has 1 fully saturated rings. The van der Waals surface area contributed by atoms with E-state index >= 15 is 0 Å². The summed E-state index contributed by atoms with van der Waals surface area (Å²) in [6.07, 6.45) is 2.93. The Bertz CT molecular complexity index is 281. The number of amides is 1. The van der Waals surface area contributed by atoms with E-state index in [0.29, 0.717) is 11.0 Å². The summed E-state index contributed by atoms with van der Waals surface area (Å²) in [4.78, 5) is 24.5. The number of aliphatic carboxylic acids is 1. The summed E-state index contributed by atoms with van der Waals surface area (Å²) in [5.74, 6) is -0.255. The van der Waals surface area contributed by atoms with Gasteiger partial charge in [-0.2, -0.15) is 0 Å². The smallest absolute Gasteiger partial charge is 0.305 e. The summed E-state index contributed by atoms with van der Waals surface area (Å²) in [5, 5.41) is 9.27. The molecule has 1 amide bonds. The van der Waals surface area contributed by atoms with Gasteiger partial charge in [0.1, 0.15) is 0 Å². The molecule has 0 aromatic heterocycles. The molecule has 1 aliphatic heterocycles. The van der Waals surface area contributed by atoms with Crippen molar-refractivity contribution in [3.05, 3.63) is 0 Å². The molecule has 0 bridgehead atoms. The first-order valence-electron chi connectivity index (χ1n) is 6.13. The van der Waals surface area contributed by atoms with E-state index in [2.05, 4.69) is 13.8 Å². The van der Waals surface area contributed by atoms with Crippen molar-refractivity contribution in [2.75, 3.05) is 12.3 Å². The van der Waals surface area contributed by atoms with Crippen molar-refractivity contribution >= 4 is 23.6 Å². The normalized spacial score (nSPS) is 20.6. The Labute approximate surface area is 107 Å². The number of carbonyl (C=O) groups excluding carboxylic acids is 1. The Morgan fingerprint density at radius 3 is 2.71 bits per heavy atom. The third-order valence-electron chi connectivity index (χ3n) is 2.90. The van der Waals surface area contributed by atoms with E-state index in [1.54, 1.807) is 16.7 Å². The number of piperidine rings is 1. The molecule has 1 saturated heterocycles. The lowest BCUT2D eigenvalue weighted by Gasteiger charge is -2.35. The number of hydrogen-bond acceptors (Lipinski definition) is 3. The summed E-state index contributed by atoms with van der Waals surface area (Å²) in [5.41, 5.74) is 0. The van der Waals surface area contributed by atoms with Crippen LogP contribution >= 0.6 is 11.8 Å². The number of thioether (sulfide) groups is 1. The van der Waals surface area contributed by atoms with Crippen molar-refractivity contribution in [1.82, 2.24) is 4.90 Å². The van der Waals surface area contributed by atoms with E-state index < -0.39 is 5.97 Å². The van der Waals surface area contributed by atoms with E-state index in [0.717, 1.165) is 25.8 Å². The summed E-state index contributed by atoms with van der Waals surface area (Å²) in [6.45, 7) is 4.83. The fourth-order valence-corrected chi connectivity index (χ4v) is 2.71. The lowest BCUT2D eigenvalue weighted by atomic mass is 9.99. The third kappa shape index (κ3) is 4.98. The van der Waals surface area contributed by atoms with E-state index in [4.69, 9.17) is 5.11 Å². The molecule has 0 aromatic rings. The summed E-state index contributed by atoms with van der Waals surface area (Å²) in [7, 11) is 0. The molecule has 1 aliphatic rings. The Kier molecular flexibility index (Phi) is 5.82. The van der Waals surface area contributed by atoms with Gasteiger partial charge in [-0.1, -0.05) is 13.8 Å². The highest BCUT2D eigenvalue weighted by Gasteiger charge is 2.28. The number of rotatable bonds is 5. The van der Waals surface area contributed by atoms with Crippen molar-refractivity contribution < 1.29 is 14.7 Å². The maximum absolute atomic E-state index is 12.0. The number of carboxylic acids is 1. The molecule has 4 nitrogen and oxygen atoms in total. The van der Waals surface area contributed by atoms with Gasteiger partial charge in [0.25, 0.3) is 0 Å². The van der Waals surface area contributed by atoms with Gasteiger partial charge in [-0.3, -0.25) is 9.59 Å². The molecule has 0 aliphatic carbocycles. The van der Waals surface area contributed by atoms with E-state index in [9.17, 15) is 9.59 Å². The fourth-order valence-electron chi connectivity index (χ4n) is 2.06. The lowest BCUT2D eigenvalue weighted by Crippen LogP contribution is -2.45. The standard InChI is InChI=1S/C12H21NO3S/c1-9(2)17-8-11(14)13-6-4-3-5-10(13)7-12(15)16/h9-10H,3-8H2,1-2H3,(H,15,16). The van der Waals surface area contributed by atoms with Gasteiger partial charge in [0.15, 0.2) is 0 Å². The number of nitrogens with zero attached hydrogens (tertiary/aromatic N) is 1. The van der Waals surface area contributed by atoms with Crippen molar-refractivity contribution in [3.8, 4) is 0 Å². The van der Waals surface area contributed by atoms with E-state index in [1.807, 2.05) is 0 Å². The molecular weight excluding hydrogens is 238 g/mol. The largest absolute Gasteiger partial charge is 0.481 e. The van der Waals surface area contributed by atoms with Crippen molar-refractivity contribution in [2.24, 2.45) is 0 Å². The van der Waals surface area contributed by atoms with Gasteiger partial charge in [-0.15, -0.1) is 11.8 Å². The molecule has 0 saturated carbocycles. The zero-order valence-corrected chi connectivity index (χ0v) is 11.3. The molecule has 0 spiro atoms. The molecular formula is C12H21NO3S. The summed E-state index contributed by atoms with van der Waals surface area (Å²) < 4.78 is 0. The molecule has 1 rings (SSSR count). The van der Waals surface area contributed by atoms with Gasteiger partial charge in [0.05, 0.1) is 12.2 Å². The van der Waals surface area contributed by atoms with Crippen LogP contribution in [0.15, 0.2) is 0 Å². The van der Waals surface area contributed by atoms with Crippen LogP contribution in [-0.2, 0) is 9.59 Å². The summed E-state index contributed by atoms with van der Waals surface area (Å²) >= 11 is 1.62. The summed E-state index contributed by atoms with van der Waals surface area (Å²) in [6, 6.07) is -0.0958. The Morgan fingerprint density at radius 2 is 2.12 bits per heavy atom. The number of carboxylic acid groups (broad SMARTS) is 1. The van der Waals surface area contributed by atoms with Crippen molar-refractivity contribution in [3.63, 3.8) is 0 Å². The second kappa shape index (κ2) is 6.89. The van der Waals surface area contributed by atoms with Crippen LogP contribution in [0.1, 0.15) is 39.5 Å². The highest BCUT2D eigenvalue weighted by atomic mass is 32.2. The SMILES string of the molecule is CC(C)SCC(=O)N1CCCCC1CC(=O)O. The minimum atomic E-state index is -0.814. The maximum Gasteiger partial charge on any atom is 0.305 e. The van der Waals surface area contributed by atoms with Gasteiger partial charge < -0.3 is 10.0 Å². The zero-order chi connectivity index (χ0) is 12.8. The minimum Gasteiger partial charge on any atom is -0.481 e. The van der Waals surface area contributed by atoms with Gasteiger partial charge in [0, 0.05) is 12.6 Å². The van der Waals surface area contributed by atoms with Crippen LogP contribution in [0.4, 0.5) is 0 Å². The first-order valence-corrected chi connectivity index (χ1v) is 7.18. The van der Waals surface area contributed by atoms with Gasteiger partial charge in [-0.05, 0) is 24.5 Å². The second-order valence-corrected chi connectivity index (χ2v) is 6.26. The third-order valence-corrected chi connectivity index (χ3v) is 3.98. The quantitative estimate of drug-likeness (QED) is 0.820. The second-order valence-electron chi connectivity index (χ2n) is 4.69. The average molecular weight is 259 g/mol. The van der Waals surface area contributed by atoms with Gasteiger partial charge in [-0.25, -0.2) is 0 Å². The first-order chi connectivity index (χ1) is 8.00. The fraction of sp³-hybridized carbons (Fsp3) is 0.833. The van der Waals surface area contributed by atoms with E-state index in [1.165, 1.54) is 0 Å². The predicted octanol–water partition coefficient (Wildman–Crippen LogP) is 1.98. The van der Waals surface area contributed by atoms with Crippen LogP contribution in [0.5, 0.6) is 0 Å². The topological polar surface area (TPSA) is 57.6 Å². The molecule has 17 heavy (non-hydrogen) atoms. The van der Waals surface area contributed by atoms with Crippen LogP contribution in [0.25, 0.3) is 0 Å². The van der Waals surface area contributed by atoms with Crippen LogP contribution in [-0.4, -0.2) is 45.5 Å². The van der Waals surface area contributed by atoms with Gasteiger partial charge in [0.2, 0.25) is 5.91 Å². The first kappa shape index (κ1) is 14.4. The molecule has 1 N–H and O–H groups in total. The monoisotopic (exact) mass is 259 g/mol. The van der Waals surface area contributed by atoms with Crippen LogP contribution < -0.4 is 0 Å². The predicted molar refractivity (Wildman–Crippen MR) is 69.2 cm³/mol. The highest BCUT2D eigenvalue weighted by Crippen LogP contribution is 2.21. The van der Waals surface area contributed by atoms with Crippen LogP contribution in [0, 0.1) is 0 Å². The van der Waals surface area contributed by atoms with Crippen molar-refractivity contribution in [1.29, 1.82) is 0 Å². The van der Waals surface area contributed by atoms with Gasteiger partial charge >= 0.3 is 5.97 Å². The zero-order valence-electron chi connectivity index (χ0n) is 10.5. The van der Waals surface area contributed by atoms with E-state index in [-0.39, 0.29) is 18.4 Å². The maximum atomic E-state index is 12.0. The molecule has 1 heterocycles. The average Bonchev–Trinajstić information content (AvgIpc) is 2.25. The van der Waals surface area contributed by atoms with Crippen LogP contribution in [0.2, 0.25) is 0 Å². The molecule has 1 unspecified atom stereocenters. The number of likely N-dealkylation sites (tertiary alicyclic amines) is 1. The Hall–Kier alpha value is -0.710. The Morgan fingerprint density at radius 1 is 1.41 bits per heavy atom. The molecule has 5 heteroatoms. The molecule has 98 valence electrons. The Balaban J connectivity index is 2.51.